The van der Waals surface area contributed by atoms with Crippen molar-refractivity contribution in [2.75, 3.05) is 13.2 Å². The lowest BCUT2D eigenvalue weighted by Crippen LogP contribution is -2.35. The van der Waals surface area contributed by atoms with Crippen LogP contribution in [0.15, 0.2) is 46.6 Å². The molecule has 9 nitrogen and oxygen atoms in total. The number of ether oxygens (including phenoxy) is 2. The smallest absolute Gasteiger partial charge is 0.329 e. The number of benzene rings is 2. The average Bonchev–Trinajstić information content (AvgIpc) is 3.02. The molecule has 0 spiro atoms. The van der Waals surface area contributed by atoms with E-state index in [-0.39, 0.29) is 12.3 Å². The van der Waals surface area contributed by atoms with Crippen molar-refractivity contribution in [1.29, 1.82) is 5.26 Å². The van der Waals surface area contributed by atoms with E-state index in [9.17, 15) is 19.6 Å². The molecule has 2 aromatic carbocycles. The van der Waals surface area contributed by atoms with Crippen LogP contribution in [-0.2, 0) is 16.2 Å². The lowest BCUT2D eigenvalue weighted by atomic mass is 10.1. The second-order valence-electron chi connectivity index (χ2n) is 6.58. The monoisotopic (exact) mass is 499 g/mol. The summed E-state index contributed by atoms with van der Waals surface area (Å²) in [6, 6.07) is 11.7. The summed E-state index contributed by atoms with van der Waals surface area (Å²) < 4.78 is 12.1. The maximum absolute atomic E-state index is 12.4. The Hall–Kier alpha value is -3.84. The summed E-state index contributed by atoms with van der Waals surface area (Å²) in [5, 5.41) is 20.5. The van der Waals surface area contributed by atoms with Crippen molar-refractivity contribution in [2.24, 2.45) is 0 Å². The van der Waals surface area contributed by atoms with E-state index < -0.39 is 24.5 Å². The van der Waals surface area contributed by atoms with Gasteiger partial charge in [-0.15, -0.1) is 0 Å². The summed E-state index contributed by atoms with van der Waals surface area (Å²) in [4.78, 5) is 35.8. The minimum Gasteiger partial charge on any atom is -0.490 e. The van der Waals surface area contributed by atoms with Crippen LogP contribution in [0.4, 0.5) is 4.79 Å². The molecule has 1 fully saturated rings. The first-order chi connectivity index (χ1) is 15.3. The van der Waals surface area contributed by atoms with Crippen LogP contribution in [-0.4, -0.2) is 41.1 Å². The largest absolute Gasteiger partial charge is 0.490 e. The van der Waals surface area contributed by atoms with Gasteiger partial charge in [-0.05, 0) is 36.8 Å². The van der Waals surface area contributed by atoms with Crippen LogP contribution in [0.2, 0.25) is 0 Å². The second kappa shape index (κ2) is 9.98. The van der Waals surface area contributed by atoms with Crippen LogP contribution >= 0.6 is 15.9 Å². The standard InChI is InChI=1S/C22H18BrN3O6/c1-2-31-18-8-15(7-17-21(29)26(11-20(27)28)22(30)25-17)16(23)9-19(18)32-12-14-6-4-3-5-13(14)10-24/h3-9H,2,11-12H2,1H3,(H,25,30)(H,27,28)/b17-7+. The van der Waals surface area contributed by atoms with E-state index in [1.165, 1.54) is 6.08 Å². The van der Waals surface area contributed by atoms with Crippen molar-refractivity contribution in [3.05, 3.63) is 63.3 Å². The van der Waals surface area contributed by atoms with E-state index in [4.69, 9.17) is 14.6 Å². The van der Waals surface area contributed by atoms with E-state index in [0.29, 0.717) is 38.6 Å². The highest BCUT2D eigenvalue weighted by molar-refractivity contribution is 9.10. The molecule has 10 heteroatoms. The zero-order chi connectivity index (χ0) is 23.3. The highest BCUT2D eigenvalue weighted by Crippen LogP contribution is 2.36. The molecule has 3 amide bonds. The summed E-state index contributed by atoms with van der Waals surface area (Å²) in [5.41, 5.74) is 1.68. The van der Waals surface area contributed by atoms with E-state index >= 15 is 0 Å². The van der Waals surface area contributed by atoms with Gasteiger partial charge in [-0.2, -0.15) is 5.26 Å². The van der Waals surface area contributed by atoms with Crippen LogP contribution in [0.5, 0.6) is 11.5 Å². The minimum absolute atomic E-state index is 0.0592. The Morgan fingerprint density at radius 3 is 2.66 bits per heavy atom. The summed E-state index contributed by atoms with van der Waals surface area (Å²) in [6.45, 7) is 1.57. The molecule has 1 aliphatic rings. The molecule has 0 bridgehead atoms. The molecule has 2 aromatic rings. The Morgan fingerprint density at radius 2 is 1.97 bits per heavy atom. The van der Waals surface area contributed by atoms with E-state index in [1.54, 1.807) is 37.3 Å². The Labute approximate surface area is 192 Å². The molecular weight excluding hydrogens is 482 g/mol. The molecule has 0 aliphatic carbocycles. The number of carbonyl (C=O) groups excluding carboxylic acids is 2. The number of carbonyl (C=O) groups is 3. The fraction of sp³-hybridized carbons (Fsp3) is 0.182. The van der Waals surface area contributed by atoms with Gasteiger partial charge in [0.05, 0.1) is 18.2 Å². The number of halogens is 1. The zero-order valence-electron chi connectivity index (χ0n) is 16.9. The van der Waals surface area contributed by atoms with Gasteiger partial charge in [0.1, 0.15) is 18.8 Å². The van der Waals surface area contributed by atoms with Gasteiger partial charge in [0.25, 0.3) is 5.91 Å². The van der Waals surface area contributed by atoms with Crippen LogP contribution in [0.3, 0.4) is 0 Å². The van der Waals surface area contributed by atoms with Gasteiger partial charge in [0, 0.05) is 10.0 Å². The summed E-state index contributed by atoms with van der Waals surface area (Å²) >= 11 is 3.42. The molecule has 32 heavy (non-hydrogen) atoms. The van der Waals surface area contributed by atoms with Crippen LogP contribution in [0.1, 0.15) is 23.6 Å². The van der Waals surface area contributed by atoms with Crippen LogP contribution in [0.25, 0.3) is 6.08 Å². The minimum atomic E-state index is -1.30. The Kier molecular flexibility index (Phi) is 7.12. The van der Waals surface area contributed by atoms with Crippen molar-refractivity contribution in [1.82, 2.24) is 10.2 Å². The van der Waals surface area contributed by atoms with Crippen molar-refractivity contribution in [3.8, 4) is 17.6 Å². The number of carboxylic acid groups (broad SMARTS) is 1. The van der Waals surface area contributed by atoms with Gasteiger partial charge in [0.2, 0.25) is 0 Å². The van der Waals surface area contributed by atoms with Crippen LogP contribution in [0, 0.1) is 11.3 Å². The first-order valence-electron chi connectivity index (χ1n) is 9.47. The third-order valence-corrected chi connectivity index (χ3v) is 5.13. The maximum atomic E-state index is 12.4. The SMILES string of the molecule is CCOc1cc(/C=C2/NC(=O)N(CC(=O)O)C2=O)c(Br)cc1OCc1ccccc1C#N. The topological polar surface area (TPSA) is 129 Å². The molecule has 0 unspecified atom stereocenters. The molecule has 0 radical (unpaired) electrons. The number of hydrogen-bond donors (Lipinski definition) is 2. The van der Waals surface area contributed by atoms with Crippen LogP contribution < -0.4 is 14.8 Å². The van der Waals surface area contributed by atoms with Crippen molar-refractivity contribution < 1.29 is 29.0 Å². The van der Waals surface area contributed by atoms with E-state index in [2.05, 4.69) is 27.3 Å². The molecule has 0 aromatic heterocycles. The summed E-state index contributed by atoms with van der Waals surface area (Å²) in [7, 11) is 0. The highest BCUT2D eigenvalue weighted by Gasteiger charge is 2.35. The van der Waals surface area contributed by atoms with Crippen molar-refractivity contribution >= 4 is 39.9 Å². The number of imide groups is 1. The van der Waals surface area contributed by atoms with Gasteiger partial charge in [-0.3, -0.25) is 9.59 Å². The number of amides is 3. The lowest BCUT2D eigenvalue weighted by Gasteiger charge is -2.14. The molecule has 3 rings (SSSR count). The first-order valence-corrected chi connectivity index (χ1v) is 10.3. The Bertz CT molecular complexity index is 1150. The Morgan fingerprint density at radius 1 is 1.25 bits per heavy atom. The number of hydrogen-bond acceptors (Lipinski definition) is 6. The number of carboxylic acids is 1. The zero-order valence-corrected chi connectivity index (χ0v) is 18.5. The number of urea groups is 1. The van der Waals surface area contributed by atoms with Gasteiger partial charge >= 0.3 is 12.0 Å². The van der Waals surface area contributed by atoms with Gasteiger partial charge in [-0.1, -0.05) is 34.1 Å². The number of nitrogens with one attached hydrogen (secondary N) is 1. The second-order valence-corrected chi connectivity index (χ2v) is 7.44. The molecule has 2 N–H and O–H groups in total. The molecule has 0 atom stereocenters. The fourth-order valence-corrected chi connectivity index (χ4v) is 3.40. The number of nitriles is 1. The quantitative estimate of drug-likeness (QED) is 0.421. The molecule has 1 heterocycles. The number of nitrogens with zero attached hydrogens (tertiary/aromatic N) is 2. The summed E-state index contributed by atoms with van der Waals surface area (Å²) in [6.07, 6.45) is 1.42. The van der Waals surface area contributed by atoms with E-state index in [0.717, 1.165) is 5.56 Å². The third kappa shape index (κ3) is 5.07. The average molecular weight is 500 g/mol. The van der Waals surface area contributed by atoms with Crippen molar-refractivity contribution in [3.63, 3.8) is 0 Å². The fourth-order valence-electron chi connectivity index (χ4n) is 2.96. The van der Waals surface area contributed by atoms with Gasteiger partial charge < -0.3 is 19.9 Å². The van der Waals surface area contributed by atoms with E-state index in [1.807, 2.05) is 6.07 Å². The maximum Gasteiger partial charge on any atom is 0.329 e. The normalized spacial score (nSPS) is 14.3. The third-order valence-electron chi connectivity index (χ3n) is 4.44. The summed E-state index contributed by atoms with van der Waals surface area (Å²) in [5.74, 6) is -1.22. The Balaban J connectivity index is 1.88. The molecule has 0 saturated carbocycles. The van der Waals surface area contributed by atoms with Crippen molar-refractivity contribution in [2.45, 2.75) is 13.5 Å². The van der Waals surface area contributed by atoms with Gasteiger partial charge in [-0.25, -0.2) is 9.69 Å². The molecule has 1 aliphatic heterocycles. The first kappa shape index (κ1) is 22.8. The highest BCUT2D eigenvalue weighted by atomic mass is 79.9. The number of aliphatic carboxylic acids is 1. The lowest BCUT2D eigenvalue weighted by molar-refractivity contribution is -0.140. The van der Waals surface area contributed by atoms with Gasteiger partial charge in [0.15, 0.2) is 11.5 Å². The predicted octanol–water partition coefficient (Wildman–Crippen LogP) is 3.28. The number of rotatable bonds is 8. The predicted molar refractivity (Wildman–Crippen MR) is 117 cm³/mol. The molecule has 1 saturated heterocycles. The molecule has 164 valence electrons. The molecular formula is C22H18BrN3O6.